The summed E-state index contributed by atoms with van der Waals surface area (Å²) >= 11 is 3.48. The summed E-state index contributed by atoms with van der Waals surface area (Å²) in [6.45, 7) is 3.26. The standard InChI is InChI=1S/C24H24BrFN2O2/c1-17-2-9-22(10-3-17)28-24(29)16-30-23-11-6-20(25)14-19(23)15-27-13-12-18-4-7-21(26)8-5-18/h2-11,14,27H,12-13,15-16H2,1H3,(H,28,29). The second-order valence-corrected chi connectivity index (χ2v) is 7.92. The molecule has 0 heterocycles. The molecule has 0 radical (unpaired) electrons. The fraction of sp³-hybridized carbons (Fsp3) is 0.208. The van der Waals surface area contributed by atoms with Crippen LogP contribution in [0.25, 0.3) is 0 Å². The fourth-order valence-electron chi connectivity index (χ4n) is 2.91. The van der Waals surface area contributed by atoms with Crippen molar-refractivity contribution in [2.45, 2.75) is 19.9 Å². The van der Waals surface area contributed by atoms with Gasteiger partial charge in [-0.2, -0.15) is 0 Å². The molecule has 0 saturated heterocycles. The van der Waals surface area contributed by atoms with Gasteiger partial charge in [0.05, 0.1) is 0 Å². The van der Waals surface area contributed by atoms with Crippen LogP contribution < -0.4 is 15.4 Å². The summed E-state index contributed by atoms with van der Waals surface area (Å²) in [6.07, 6.45) is 0.795. The van der Waals surface area contributed by atoms with Gasteiger partial charge in [-0.3, -0.25) is 4.79 Å². The van der Waals surface area contributed by atoms with E-state index >= 15 is 0 Å². The van der Waals surface area contributed by atoms with Gasteiger partial charge in [-0.15, -0.1) is 0 Å². The summed E-state index contributed by atoms with van der Waals surface area (Å²) in [5, 5.41) is 6.20. The molecule has 30 heavy (non-hydrogen) atoms. The van der Waals surface area contributed by atoms with Crippen molar-refractivity contribution in [2.24, 2.45) is 0 Å². The van der Waals surface area contributed by atoms with E-state index in [1.54, 1.807) is 12.1 Å². The molecule has 0 atom stereocenters. The number of halogens is 2. The van der Waals surface area contributed by atoms with Crippen LogP contribution in [0.1, 0.15) is 16.7 Å². The highest BCUT2D eigenvalue weighted by Crippen LogP contribution is 2.23. The highest BCUT2D eigenvalue weighted by molar-refractivity contribution is 9.10. The van der Waals surface area contributed by atoms with Crippen LogP contribution in [0, 0.1) is 12.7 Å². The molecule has 0 spiro atoms. The molecule has 4 nitrogen and oxygen atoms in total. The molecule has 0 aliphatic carbocycles. The average molecular weight is 471 g/mol. The van der Waals surface area contributed by atoms with Crippen LogP contribution in [0.4, 0.5) is 10.1 Å². The molecule has 3 rings (SSSR count). The maximum atomic E-state index is 13.0. The number of benzene rings is 3. The van der Waals surface area contributed by atoms with E-state index in [9.17, 15) is 9.18 Å². The number of carbonyl (C=O) groups excluding carboxylic acids is 1. The van der Waals surface area contributed by atoms with E-state index in [4.69, 9.17) is 4.74 Å². The van der Waals surface area contributed by atoms with Crippen molar-refractivity contribution < 1.29 is 13.9 Å². The summed E-state index contributed by atoms with van der Waals surface area (Å²) in [7, 11) is 0. The molecule has 2 N–H and O–H groups in total. The van der Waals surface area contributed by atoms with Crippen molar-refractivity contribution in [2.75, 3.05) is 18.5 Å². The zero-order chi connectivity index (χ0) is 21.3. The fourth-order valence-corrected chi connectivity index (χ4v) is 3.32. The van der Waals surface area contributed by atoms with Crippen molar-refractivity contribution >= 4 is 27.5 Å². The molecule has 0 aromatic heterocycles. The Kier molecular flexibility index (Phi) is 7.99. The van der Waals surface area contributed by atoms with E-state index in [2.05, 4.69) is 26.6 Å². The zero-order valence-corrected chi connectivity index (χ0v) is 18.3. The molecule has 3 aromatic rings. The van der Waals surface area contributed by atoms with Crippen LogP contribution >= 0.6 is 15.9 Å². The van der Waals surface area contributed by atoms with Crippen LogP contribution in [0.2, 0.25) is 0 Å². The van der Waals surface area contributed by atoms with E-state index in [-0.39, 0.29) is 18.3 Å². The lowest BCUT2D eigenvalue weighted by Crippen LogP contribution is -2.21. The highest BCUT2D eigenvalue weighted by atomic mass is 79.9. The minimum atomic E-state index is -0.228. The number of ether oxygens (including phenoxy) is 1. The largest absolute Gasteiger partial charge is 0.483 e. The maximum absolute atomic E-state index is 13.0. The number of rotatable bonds is 9. The molecule has 0 aliphatic rings. The lowest BCUT2D eigenvalue weighted by atomic mass is 10.1. The first-order valence-electron chi connectivity index (χ1n) is 9.72. The molecular weight excluding hydrogens is 447 g/mol. The van der Waals surface area contributed by atoms with Gasteiger partial charge in [0.25, 0.3) is 5.91 Å². The van der Waals surface area contributed by atoms with Crippen LogP contribution in [0.3, 0.4) is 0 Å². The first-order valence-corrected chi connectivity index (χ1v) is 10.5. The Bertz CT molecular complexity index is 976. The molecule has 3 aromatic carbocycles. The van der Waals surface area contributed by atoms with Gasteiger partial charge in [0.15, 0.2) is 6.61 Å². The number of amides is 1. The minimum Gasteiger partial charge on any atom is -0.483 e. The van der Waals surface area contributed by atoms with E-state index in [0.29, 0.717) is 12.3 Å². The first-order chi connectivity index (χ1) is 14.5. The van der Waals surface area contributed by atoms with Gasteiger partial charge in [0.2, 0.25) is 0 Å². The lowest BCUT2D eigenvalue weighted by Gasteiger charge is -2.13. The van der Waals surface area contributed by atoms with E-state index in [0.717, 1.165) is 39.8 Å². The molecule has 0 saturated carbocycles. The van der Waals surface area contributed by atoms with Crippen LogP contribution in [-0.4, -0.2) is 19.1 Å². The Labute approximate surface area is 184 Å². The second kappa shape index (κ2) is 10.9. The van der Waals surface area contributed by atoms with Crippen molar-refractivity contribution in [3.8, 4) is 5.75 Å². The van der Waals surface area contributed by atoms with Crippen molar-refractivity contribution in [1.82, 2.24) is 5.32 Å². The Hall–Kier alpha value is -2.70. The molecule has 0 aliphatic heterocycles. The number of hydrogen-bond acceptors (Lipinski definition) is 3. The van der Waals surface area contributed by atoms with Crippen molar-refractivity contribution in [3.05, 3.63) is 93.7 Å². The quantitative estimate of drug-likeness (QED) is 0.420. The third kappa shape index (κ3) is 6.97. The average Bonchev–Trinajstić information content (AvgIpc) is 2.73. The summed E-state index contributed by atoms with van der Waals surface area (Å²) in [5.41, 5.74) is 3.90. The SMILES string of the molecule is Cc1ccc(NC(=O)COc2ccc(Br)cc2CNCCc2ccc(F)cc2)cc1. The van der Waals surface area contributed by atoms with Gasteiger partial charge in [-0.25, -0.2) is 4.39 Å². The molecule has 0 bridgehead atoms. The van der Waals surface area contributed by atoms with Gasteiger partial charge >= 0.3 is 0 Å². The lowest BCUT2D eigenvalue weighted by molar-refractivity contribution is -0.118. The van der Waals surface area contributed by atoms with Gasteiger partial charge in [-0.05, 0) is 67.9 Å². The molecule has 0 fully saturated rings. The number of hydrogen-bond donors (Lipinski definition) is 2. The van der Waals surface area contributed by atoms with E-state index in [1.807, 2.05) is 49.4 Å². The number of carbonyl (C=O) groups is 1. The predicted molar refractivity (Wildman–Crippen MR) is 121 cm³/mol. The summed E-state index contributed by atoms with van der Waals surface area (Å²) in [4.78, 5) is 12.2. The smallest absolute Gasteiger partial charge is 0.262 e. The van der Waals surface area contributed by atoms with Gasteiger partial charge < -0.3 is 15.4 Å². The Morgan fingerprint density at radius 1 is 1.03 bits per heavy atom. The van der Waals surface area contributed by atoms with Gasteiger partial charge in [0.1, 0.15) is 11.6 Å². The van der Waals surface area contributed by atoms with Crippen LogP contribution in [0.5, 0.6) is 5.75 Å². The third-order valence-corrected chi connectivity index (χ3v) is 5.03. The van der Waals surface area contributed by atoms with Gasteiger partial charge in [-0.1, -0.05) is 45.8 Å². The molecule has 1 amide bonds. The Morgan fingerprint density at radius 3 is 2.50 bits per heavy atom. The molecular formula is C24H24BrFN2O2. The van der Waals surface area contributed by atoms with Gasteiger partial charge in [0, 0.05) is 22.3 Å². The van der Waals surface area contributed by atoms with Crippen LogP contribution in [0.15, 0.2) is 71.2 Å². The molecule has 6 heteroatoms. The molecule has 156 valence electrons. The number of aryl methyl sites for hydroxylation is 1. The highest BCUT2D eigenvalue weighted by Gasteiger charge is 2.08. The Morgan fingerprint density at radius 2 is 1.77 bits per heavy atom. The Balaban J connectivity index is 1.50. The summed E-state index contributed by atoms with van der Waals surface area (Å²) in [6, 6.07) is 19.8. The summed E-state index contributed by atoms with van der Waals surface area (Å²) in [5.74, 6) is 0.220. The first kappa shape index (κ1) is 22.0. The van der Waals surface area contributed by atoms with Crippen molar-refractivity contribution in [1.29, 1.82) is 0 Å². The third-order valence-electron chi connectivity index (χ3n) is 4.54. The predicted octanol–water partition coefficient (Wildman–Crippen LogP) is 5.25. The summed E-state index contributed by atoms with van der Waals surface area (Å²) < 4.78 is 19.7. The topological polar surface area (TPSA) is 50.4 Å². The number of anilines is 1. The zero-order valence-electron chi connectivity index (χ0n) is 16.8. The minimum absolute atomic E-state index is 0.0713. The second-order valence-electron chi connectivity index (χ2n) is 7.01. The number of nitrogens with one attached hydrogen (secondary N) is 2. The molecule has 0 unspecified atom stereocenters. The van der Waals surface area contributed by atoms with Crippen molar-refractivity contribution in [3.63, 3.8) is 0 Å². The van der Waals surface area contributed by atoms with E-state index < -0.39 is 0 Å². The monoisotopic (exact) mass is 470 g/mol. The normalized spacial score (nSPS) is 10.6. The van der Waals surface area contributed by atoms with E-state index in [1.165, 1.54) is 12.1 Å². The van der Waals surface area contributed by atoms with Crippen LogP contribution in [-0.2, 0) is 17.8 Å². The maximum Gasteiger partial charge on any atom is 0.262 e.